The number of rotatable bonds is 5. The molecule has 0 fully saturated rings. The molecule has 112 valence electrons. The second kappa shape index (κ2) is 6.35. The largest absolute Gasteiger partial charge is 0.480 e. The molecule has 0 aromatic carbocycles. The first kappa shape index (κ1) is 15.0. The maximum Gasteiger partial charge on any atom is 0.325 e. The second-order valence-electron chi connectivity index (χ2n) is 4.63. The molecule has 2 aromatic rings. The smallest absolute Gasteiger partial charge is 0.325 e. The van der Waals surface area contributed by atoms with Crippen molar-refractivity contribution in [3.63, 3.8) is 0 Å². The standard InChI is InChI=1S/C12H15N5O3S/c1-7(2)9-6-21-12(15-9)16-11(20)14-8-3-13-17(4-8)5-10(18)19/h3-4,6-7H,5H2,1-2H3,(H,18,19)(H2,14,15,16,20). The first-order chi connectivity index (χ1) is 9.94. The quantitative estimate of drug-likeness (QED) is 0.784. The average molecular weight is 309 g/mol. The van der Waals surface area contributed by atoms with Gasteiger partial charge >= 0.3 is 12.0 Å². The van der Waals surface area contributed by atoms with E-state index < -0.39 is 12.0 Å². The van der Waals surface area contributed by atoms with E-state index in [0.717, 1.165) is 5.69 Å². The summed E-state index contributed by atoms with van der Waals surface area (Å²) in [5.74, 6) is -0.702. The van der Waals surface area contributed by atoms with Gasteiger partial charge in [-0.1, -0.05) is 13.8 Å². The van der Waals surface area contributed by atoms with Crippen molar-refractivity contribution in [3.05, 3.63) is 23.5 Å². The number of aromatic nitrogens is 3. The van der Waals surface area contributed by atoms with Crippen LogP contribution in [0, 0.1) is 0 Å². The first-order valence-electron chi connectivity index (χ1n) is 6.21. The third-order valence-electron chi connectivity index (χ3n) is 2.52. The van der Waals surface area contributed by atoms with Gasteiger partial charge in [-0.15, -0.1) is 11.3 Å². The molecule has 0 aliphatic heterocycles. The van der Waals surface area contributed by atoms with Gasteiger partial charge in [-0.2, -0.15) is 5.10 Å². The highest BCUT2D eigenvalue weighted by molar-refractivity contribution is 7.13. The van der Waals surface area contributed by atoms with Crippen LogP contribution in [-0.2, 0) is 11.3 Å². The molecule has 8 nitrogen and oxygen atoms in total. The monoisotopic (exact) mass is 309 g/mol. The number of hydrogen-bond donors (Lipinski definition) is 3. The van der Waals surface area contributed by atoms with Gasteiger partial charge in [0.15, 0.2) is 5.13 Å². The molecule has 0 spiro atoms. The number of amides is 2. The average Bonchev–Trinajstić information content (AvgIpc) is 2.98. The number of carbonyl (C=O) groups is 2. The molecule has 2 amide bonds. The number of urea groups is 1. The molecule has 2 aromatic heterocycles. The van der Waals surface area contributed by atoms with Crippen LogP contribution in [0.25, 0.3) is 0 Å². The van der Waals surface area contributed by atoms with Crippen LogP contribution < -0.4 is 10.6 Å². The van der Waals surface area contributed by atoms with Crippen molar-refractivity contribution < 1.29 is 14.7 Å². The fourth-order valence-electron chi connectivity index (χ4n) is 1.52. The van der Waals surface area contributed by atoms with Gasteiger partial charge in [0, 0.05) is 11.6 Å². The Balaban J connectivity index is 1.91. The van der Waals surface area contributed by atoms with E-state index in [0.29, 0.717) is 16.7 Å². The van der Waals surface area contributed by atoms with E-state index in [1.165, 1.54) is 28.4 Å². The van der Waals surface area contributed by atoms with Crippen LogP contribution in [0.3, 0.4) is 0 Å². The molecule has 21 heavy (non-hydrogen) atoms. The molecule has 0 bridgehead atoms. The molecule has 0 aliphatic carbocycles. The molecular weight excluding hydrogens is 294 g/mol. The van der Waals surface area contributed by atoms with Crippen LogP contribution in [0.1, 0.15) is 25.5 Å². The molecule has 2 heterocycles. The van der Waals surface area contributed by atoms with E-state index in [1.807, 2.05) is 19.2 Å². The fraction of sp³-hybridized carbons (Fsp3) is 0.333. The van der Waals surface area contributed by atoms with Gasteiger partial charge in [0.05, 0.1) is 17.6 Å². The SMILES string of the molecule is CC(C)c1csc(NC(=O)Nc2cnn(CC(=O)O)c2)n1. The predicted molar refractivity (Wildman–Crippen MR) is 78.7 cm³/mol. The lowest BCUT2D eigenvalue weighted by Crippen LogP contribution is -2.19. The van der Waals surface area contributed by atoms with Gasteiger partial charge in [0.2, 0.25) is 0 Å². The van der Waals surface area contributed by atoms with Crippen LogP contribution in [0.4, 0.5) is 15.6 Å². The highest BCUT2D eigenvalue weighted by Crippen LogP contribution is 2.21. The summed E-state index contributed by atoms with van der Waals surface area (Å²) in [7, 11) is 0. The van der Waals surface area contributed by atoms with Crippen LogP contribution >= 0.6 is 11.3 Å². The summed E-state index contributed by atoms with van der Waals surface area (Å²) in [6.07, 6.45) is 2.82. The highest BCUT2D eigenvalue weighted by atomic mass is 32.1. The van der Waals surface area contributed by atoms with Gasteiger partial charge in [-0.3, -0.25) is 14.8 Å². The molecule has 0 radical (unpaired) electrons. The van der Waals surface area contributed by atoms with Crippen molar-refractivity contribution >= 4 is 34.2 Å². The number of carbonyl (C=O) groups excluding carboxylic acids is 1. The fourth-order valence-corrected chi connectivity index (χ4v) is 2.39. The zero-order chi connectivity index (χ0) is 15.4. The van der Waals surface area contributed by atoms with E-state index >= 15 is 0 Å². The molecule has 0 unspecified atom stereocenters. The van der Waals surface area contributed by atoms with Crippen molar-refractivity contribution in [2.75, 3.05) is 10.6 Å². The van der Waals surface area contributed by atoms with Crippen LogP contribution in [0.15, 0.2) is 17.8 Å². The molecular formula is C12H15N5O3S. The summed E-state index contributed by atoms with van der Waals surface area (Å²) in [5, 5.41) is 20.0. The molecule has 3 N–H and O–H groups in total. The summed E-state index contributed by atoms with van der Waals surface area (Å²) in [6.45, 7) is 3.79. The van der Waals surface area contributed by atoms with Gasteiger partial charge in [-0.05, 0) is 5.92 Å². The van der Waals surface area contributed by atoms with E-state index in [1.54, 1.807) is 0 Å². The Morgan fingerprint density at radius 2 is 2.19 bits per heavy atom. The van der Waals surface area contributed by atoms with E-state index in [9.17, 15) is 9.59 Å². The minimum atomic E-state index is -1.00. The second-order valence-corrected chi connectivity index (χ2v) is 5.49. The Labute approximate surface area is 124 Å². The maximum atomic E-state index is 11.8. The summed E-state index contributed by atoms with van der Waals surface area (Å²) >= 11 is 1.35. The molecule has 0 aliphatic rings. The minimum absolute atomic E-state index is 0.256. The Morgan fingerprint density at radius 1 is 1.43 bits per heavy atom. The lowest BCUT2D eigenvalue weighted by molar-refractivity contribution is -0.137. The van der Waals surface area contributed by atoms with E-state index in [2.05, 4.69) is 20.7 Å². The summed E-state index contributed by atoms with van der Waals surface area (Å²) in [4.78, 5) is 26.6. The number of hydrogen-bond acceptors (Lipinski definition) is 5. The summed E-state index contributed by atoms with van der Waals surface area (Å²) < 4.78 is 1.22. The van der Waals surface area contributed by atoms with Crippen molar-refractivity contribution in [2.24, 2.45) is 0 Å². The number of anilines is 2. The number of thiazole rings is 1. The summed E-state index contributed by atoms with van der Waals surface area (Å²) in [6, 6.07) is -0.450. The predicted octanol–water partition coefficient (Wildman–Crippen LogP) is 2.19. The Morgan fingerprint density at radius 3 is 2.81 bits per heavy atom. The van der Waals surface area contributed by atoms with Gasteiger partial charge in [0.25, 0.3) is 0 Å². The normalized spacial score (nSPS) is 10.6. The number of nitrogens with one attached hydrogen (secondary N) is 2. The molecule has 2 rings (SSSR count). The maximum absolute atomic E-state index is 11.8. The van der Waals surface area contributed by atoms with Gasteiger partial charge in [-0.25, -0.2) is 9.78 Å². The molecule has 0 saturated carbocycles. The zero-order valence-corrected chi connectivity index (χ0v) is 12.3. The van der Waals surface area contributed by atoms with E-state index in [4.69, 9.17) is 5.11 Å². The number of nitrogens with zero attached hydrogens (tertiary/aromatic N) is 3. The molecule has 0 atom stereocenters. The minimum Gasteiger partial charge on any atom is -0.480 e. The van der Waals surface area contributed by atoms with Gasteiger partial charge in [0.1, 0.15) is 6.54 Å². The Bertz CT molecular complexity index is 649. The Hall–Kier alpha value is -2.42. The van der Waals surface area contributed by atoms with E-state index in [-0.39, 0.29) is 6.54 Å². The van der Waals surface area contributed by atoms with Crippen LogP contribution in [0.2, 0.25) is 0 Å². The lowest BCUT2D eigenvalue weighted by atomic mass is 10.2. The van der Waals surface area contributed by atoms with Gasteiger partial charge < -0.3 is 10.4 Å². The van der Waals surface area contributed by atoms with Crippen LogP contribution in [-0.4, -0.2) is 31.9 Å². The summed E-state index contributed by atoms with van der Waals surface area (Å²) in [5.41, 5.74) is 1.33. The van der Waals surface area contributed by atoms with Crippen molar-refractivity contribution in [1.29, 1.82) is 0 Å². The first-order valence-corrected chi connectivity index (χ1v) is 7.09. The third-order valence-corrected chi connectivity index (χ3v) is 3.30. The van der Waals surface area contributed by atoms with Crippen LogP contribution in [0.5, 0.6) is 0 Å². The highest BCUT2D eigenvalue weighted by Gasteiger charge is 2.10. The molecule has 0 saturated heterocycles. The Kier molecular flexibility index (Phi) is 4.53. The number of carboxylic acid groups (broad SMARTS) is 1. The number of aliphatic carboxylic acids is 1. The topological polar surface area (TPSA) is 109 Å². The molecule has 9 heteroatoms. The zero-order valence-electron chi connectivity index (χ0n) is 11.5. The van der Waals surface area contributed by atoms with Crippen molar-refractivity contribution in [1.82, 2.24) is 14.8 Å². The number of carboxylic acids is 1. The van der Waals surface area contributed by atoms with Crippen molar-refractivity contribution in [2.45, 2.75) is 26.3 Å². The third kappa shape index (κ3) is 4.28. The van der Waals surface area contributed by atoms with Crippen molar-refractivity contribution in [3.8, 4) is 0 Å². The lowest BCUT2D eigenvalue weighted by Gasteiger charge is -2.02.